The smallest absolute Gasteiger partial charge is 0.332 e. The number of ether oxygens (including phenoxy) is 6. The Hall–Kier alpha value is -5.67. The van der Waals surface area contributed by atoms with E-state index in [0.717, 1.165) is 9.80 Å². The van der Waals surface area contributed by atoms with Crippen LogP contribution in [-0.4, -0.2) is 94.4 Å². The van der Waals surface area contributed by atoms with E-state index in [1.54, 1.807) is 12.1 Å². The maximum Gasteiger partial charge on any atom is 0.332 e. The summed E-state index contributed by atoms with van der Waals surface area (Å²) < 4.78 is 33.4. The van der Waals surface area contributed by atoms with Gasteiger partial charge in [-0.1, -0.05) is 0 Å². The van der Waals surface area contributed by atoms with Gasteiger partial charge in [-0.15, -0.1) is 0 Å². The monoisotopic (exact) mass is 638 g/mol. The number of anilines is 2. The maximum atomic E-state index is 14.8. The molecule has 2 aromatic carbocycles. The molecule has 1 aromatic heterocycles. The molecule has 4 amide bonds. The van der Waals surface area contributed by atoms with Crippen molar-refractivity contribution in [2.24, 2.45) is 5.41 Å². The zero-order valence-electron chi connectivity index (χ0n) is 26.5. The van der Waals surface area contributed by atoms with Crippen LogP contribution < -0.4 is 45.0 Å². The highest BCUT2D eigenvalue weighted by Crippen LogP contribution is 2.59. The Morgan fingerprint density at radius 3 is 1.57 bits per heavy atom. The highest BCUT2D eigenvalue weighted by molar-refractivity contribution is 6.21. The third-order valence-electron chi connectivity index (χ3n) is 8.39. The lowest BCUT2D eigenvalue weighted by Crippen LogP contribution is -2.69. The number of aromatic nitrogens is 2. The lowest BCUT2D eigenvalue weighted by Gasteiger charge is -2.52. The summed E-state index contributed by atoms with van der Waals surface area (Å²) >= 11 is 0. The number of hydrogen-bond acceptors (Lipinski definition) is 13. The molecule has 1 saturated heterocycles. The number of rotatable bonds is 8. The van der Waals surface area contributed by atoms with Crippen LogP contribution in [0.4, 0.5) is 16.6 Å². The highest BCUT2D eigenvalue weighted by atomic mass is 16.5. The van der Waals surface area contributed by atoms with E-state index in [0.29, 0.717) is 5.56 Å². The molecule has 244 valence electrons. The molecule has 1 fully saturated rings. The van der Waals surface area contributed by atoms with E-state index in [1.165, 1.54) is 68.9 Å². The van der Waals surface area contributed by atoms with Gasteiger partial charge in [0.25, 0.3) is 5.56 Å². The first-order valence-electron chi connectivity index (χ1n) is 13.8. The number of nitrogens with two attached hydrogens (primary N) is 1. The minimum Gasteiger partial charge on any atom is -0.493 e. The molecule has 1 spiro atoms. The number of aromatic amines is 1. The number of benzene rings is 2. The second-order valence-electron chi connectivity index (χ2n) is 10.5. The number of carbonyl (C=O) groups excluding carboxylic acids is 3. The Morgan fingerprint density at radius 1 is 0.717 bits per heavy atom. The lowest BCUT2D eigenvalue weighted by atomic mass is 9.59. The number of imide groups is 2. The number of carbonyl (C=O) groups is 3. The molecule has 5 rings (SSSR count). The van der Waals surface area contributed by atoms with Gasteiger partial charge in [0.15, 0.2) is 28.4 Å². The van der Waals surface area contributed by atoms with Crippen molar-refractivity contribution in [3.8, 4) is 34.5 Å². The first-order chi connectivity index (χ1) is 21.9. The fourth-order valence-corrected chi connectivity index (χ4v) is 6.37. The molecule has 0 bridgehead atoms. The van der Waals surface area contributed by atoms with Crippen LogP contribution in [0.15, 0.2) is 29.1 Å². The average molecular weight is 639 g/mol. The van der Waals surface area contributed by atoms with Crippen molar-refractivity contribution in [2.75, 3.05) is 67.8 Å². The van der Waals surface area contributed by atoms with E-state index in [9.17, 15) is 19.2 Å². The van der Waals surface area contributed by atoms with E-state index in [-0.39, 0.29) is 57.4 Å². The molecule has 2 aliphatic heterocycles. The van der Waals surface area contributed by atoms with E-state index < -0.39 is 40.8 Å². The molecule has 0 saturated carbocycles. The van der Waals surface area contributed by atoms with Gasteiger partial charge >= 0.3 is 6.03 Å². The molecule has 2 atom stereocenters. The Kier molecular flexibility index (Phi) is 8.06. The summed E-state index contributed by atoms with van der Waals surface area (Å²) in [5, 5.41) is 3.14. The van der Waals surface area contributed by atoms with Crippen LogP contribution in [0.25, 0.3) is 0 Å². The molecule has 46 heavy (non-hydrogen) atoms. The molecule has 3 heterocycles. The third-order valence-corrected chi connectivity index (χ3v) is 8.39. The average Bonchev–Trinajstić information content (AvgIpc) is 3.06. The summed E-state index contributed by atoms with van der Waals surface area (Å²) in [6.45, 7) is 0. The Bertz CT molecular complexity index is 1730. The number of nitrogen functional groups attached to an aromatic ring is 1. The van der Waals surface area contributed by atoms with Crippen molar-refractivity contribution in [3.63, 3.8) is 0 Å². The Balaban J connectivity index is 1.99. The number of nitrogens with zero attached hydrogens (tertiary/aromatic N) is 3. The number of urea groups is 1. The van der Waals surface area contributed by atoms with Gasteiger partial charge in [-0.05, 0) is 35.4 Å². The van der Waals surface area contributed by atoms with Gasteiger partial charge in [0, 0.05) is 20.0 Å². The van der Waals surface area contributed by atoms with Gasteiger partial charge in [0.05, 0.1) is 54.3 Å². The largest absolute Gasteiger partial charge is 0.493 e. The molecule has 0 radical (unpaired) electrons. The third kappa shape index (κ3) is 4.39. The summed E-state index contributed by atoms with van der Waals surface area (Å²) in [5.74, 6) is -2.13. The molecule has 0 aliphatic carbocycles. The summed E-state index contributed by atoms with van der Waals surface area (Å²) in [7, 11) is 11.0. The summed E-state index contributed by atoms with van der Waals surface area (Å²) in [5.41, 5.74) is 3.46. The van der Waals surface area contributed by atoms with Crippen molar-refractivity contribution in [3.05, 3.63) is 51.3 Å². The van der Waals surface area contributed by atoms with Crippen molar-refractivity contribution in [1.29, 1.82) is 0 Å². The van der Waals surface area contributed by atoms with Crippen LogP contribution in [0.2, 0.25) is 0 Å². The van der Waals surface area contributed by atoms with Crippen molar-refractivity contribution < 1.29 is 42.8 Å². The minimum atomic E-state index is -2.25. The minimum absolute atomic E-state index is 0.00724. The van der Waals surface area contributed by atoms with Crippen LogP contribution in [0.5, 0.6) is 34.5 Å². The molecule has 16 nitrogen and oxygen atoms in total. The highest BCUT2D eigenvalue weighted by Gasteiger charge is 2.68. The van der Waals surface area contributed by atoms with Crippen LogP contribution in [-0.2, 0) is 9.59 Å². The van der Waals surface area contributed by atoms with E-state index in [1.807, 2.05) is 0 Å². The number of nitrogens with one attached hydrogen (secondary N) is 2. The number of H-pyrrole nitrogens is 1. The topological polar surface area (TPSA) is 197 Å². The zero-order valence-corrected chi connectivity index (χ0v) is 26.5. The Morgan fingerprint density at radius 2 is 1.15 bits per heavy atom. The predicted molar refractivity (Wildman–Crippen MR) is 163 cm³/mol. The fraction of sp³-hybridized carbons (Fsp3) is 0.367. The standard InChI is InChI=1S/C30H34N6O10/c1-35-26(38)30(27(39)36(2)29(35)40)20(13-9-15(41-3)21(45-7)16(10-13)42-4)19-24(33-28(31)34-25(19)37)32-23(30)14-11-17(43-5)22(46-8)18(12-14)44-6/h9-12,20,23H,1-8H3,(H4,31,32,33,34,37). The molecular weight excluding hydrogens is 604 g/mol. The SMILES string of the molecule is COc1cc(C2Nc3nc(N)[nH]c(=O)c3C(c3cc(OC)c(OC)c(OC)c3)C23C(=O)N(C)C(=O)N(C)C3=O)cc(OC)c1OC. The molecule has 2 unspecified atom stereocenters. The van der Waals surface area contributed by atoms with Crippen molar-refractivity contribution in [2.45, 2.75) is 12.0 Å². The molecule has 2 aliphatic rings. The molecule has 4 N–H and O–H groups in total. The van der Waals surface area contributed by atoms with Gasteiger partial charge < -0.3 is 39.5 Å². The summed E-state index contributed by atoms with van der Waals surface area (Å²) in [6, 6.07) is 4.02. The predicted octanol–water partition coefficient (Wildman–Crippen LogP) is 1.74. The molecule has 16 heteroatoms. The maximum absolute atomic E-state index is 14.8. The number of methoxy groups -OCH3 is 6. The van der Waals surface area contributed by atoms with Crippen LogP contribution in [0, 0.1) is 5.41 Å². The van der Waals surface area contributed by atoms with Crippen molar-refractivity contribution >= 4 is 29.6 Å². The van der Waals surface area contributed by atoms with E-state index in [2.05, 4.69) is 15.3 Å². The number of fused-ring (bicyclic) bond motifs is 1. The van der Waals surface area contributed by atoms with Gasteiger partial charge in [-0.3, -0.25) is 29.2 Å². The van der Waals surface area contributed by atoms with E-state index in [4.69, 9.17) is 34.2 Å². The number of barbiturate groups is 1. The quantitative estimate of drug-likeness (QED) is 0.302. The summed E-state index contributed by atoms with van der Waals surface area (Å²) in [6.07, 6.45) is 0. The van der Waals surface area contributed by atoms with Gasteiger partial charge in [0.2, 0.25) is 29.3 Å². The number of hydrogen-bond donors (Lipinski definition) is 3. The van der Waals surface area contributed by atoms with Crippen LogP contribution >= 0.6 is 0 Å². The summed E-state index contributed by atoms with van der Waals surface area (Å²) in [4.78, 5) is 65.0. The van der Waals surface area contributed by atoms with Crippen molar-refractivity contribution in [1.82, 2.24) is 19.8 Å². The molecule has 3 aromatic rings. The number of amides is 4. The lowest BCUT2D eigenvalue weighted by molar-refractivity contribution is -0.160. The van der Waals surface area contributed by atoms with Crippen LogP contribution in [0.1, 0.15) is 28.7 Å². The van der Waals surface area contributed by atoms with E-state index >= 15 is 0 Å². The molecular formula is C30H34N6O10. The van der Waals surface area contributed by atoms with Gasteiger partial charge in [-0.25, -0.2) is 4.79 Å². The zero-order chi connectivity index (χ0) is 33.7. The second-order valence-corrected chi connectivity index (χ2v) is 10.5. The van der Waals surface area contributed by atoms with Gasteiger partial charge in [-0.2, -0.15) is 4.98 Å². The second kappa shape index (κ2) is 11.7. The van der Waals surface area contributed by atoms with Gasteiger partial charge in [0.1, 0.15) is 5.82 Å². The normalized spacial score (nSPS) is 18.6. The first-order valence-corrected chi connectivity index (χ1v) is 13.8. The van der Waals surface area contributed by atoms with Crippen LogP contribution in [0.3, 0.4) is 0 Å². The first kappa shape index (κ1) is 31.7. The Labute approximate surface area is 263 Å². The fourth-order valence-electron chi connectivity index (χ4n) is 6.37.